The molecule has 23 heavy (non-hydrogen) atoms. The van der Waals surface area contributed by atoms with Crippen LogP contribution in [0.3, 0.4) is 0 Å². The summed E-state index contributed by atoms with van der Waals surface area (Å²) >= 11 is 11.9. The summed E-state index contributed by atoms with van der Waals surface area (Å²) in [6.45, 7) is 3.64. The van der Waals surface area contributed by atoms with E-state index in [-0.39, 0.29) is 29.1 Å². The Morgan fingerprint density at radius 1 is 1.22 bits per heavy atom. The topological polar surface area (TPSA) is 55.8 Å². The van der Waals surface area contributed by atoms with Gasteiger partial charge in [0.25, 0.3) is 0 Å². The molecule has 0 saturated heterocycles. The Morgan fingerprint density at radius 2 is 1.78 bits per heavy atom. The minimum atomic E-state index is -3.76. The molecule has 0 aliphatic rings. The number of benzene rings is 1. The summed E-state index contributed by atoms with van der Waals surface area (Å²) in [5, 5.41) is 0.504. The van der Waals surface area contributed by atoms with E-state index in [9.17, 15) is 9.36 Å². The van der Waals surface area contributed by atoms with Gasteiger partial charge in [-0.2, -0.15) is 0 Å². The van der Waals surface area contributed by atoms with Crippen molar-refractivity contribution in [2.75, 3.05) is 27.3 Å². The van der Waals surface area contributed by atoms with Gasteiger partial charge in [0.15, 0.2) is 0 Å². The first kappa shape index (κ1) is 20.2. The molecule has 0 amide bonds. The first-order chi connectivity index (χ1) is 10.7. The van der Waals surface area contributed by atoms with Gasteiger partial charge in [-0.25, -0.2) is 0 Å². The van der Waals surface area contributed by atoms with Crippen LogP contribution in [0.15, 0.2) is 29.7 Å². The zero-order valence-electron chi connectivity index (χ0n) is 13.5. The number of carbonyl (C=O) groups is 1. The molecule has 128 valence electrons. The zero-order chi connectivity index (χ0) is 17.6. The maximum absolute atomic E-state index is 13.0. The van der Waals surface area contributed by atoms with E-state index in [0.29, 0.717) is 5.02 Å². The molecule has 0 aliphatic carbocycles. The van der Waals surface area contributed by atoms with Crippen molar-refractivity contribution in [1.82, 2.24) is 4.90 Å². The third-order valence-electron chi connectivity index (χ3n) is 2.68. The van der Waals surface area contributed by atoms with Crippen molar-refractivity contribution < 1.29 is 18.4 Å². The van der Waals surface area contributed by atoms with E-state index in [0.717, 1.165) is 0 Å². The summed E-state index contributed by atoms with van der Waals surface area (Å²) in [6.07, 6.45) is 1.43. The molecule has 0 aliphatic heterocycles. The highest BCUT2D eigenvalue weighted by atomic mass is 35.5. The van der Waals surface area contributed by atoms with Crippen LogP contribution >= 0.6 is 30.8 Å². The van der Waals surface area contributed by atoms with Crippen molar-refractivity contribution in [3.8, 4) is 0 Å². The van der Waals surface area contributed by atoms with Crippen molar-refractivity contribution in [1.29, 1.82) is 0 Å². The molecule has 0 saturated carbocycles. The van der Waals surface area contributed by atoms with Crippen LogP contribution in [-0.2, 0) is 13.6 Å². The molecule has 0 unspecified atom stereocenters. The Hall–Kier alpha value is -0.840. The van der Waals surface area contributed by atoms with E-state index in [1.165, 1.54) is 18.3 Å². The monoisotopic (exact) mass is 379 g/mol. The van der Waals surface area contributed by atoms with Crippen molar-refractivity contribution in [3.63, 3.8) is 0 Å². The smallest absolute Gasteiger partial charge is 0.366 e. The van der Waals surface area contributed by atoms with Gasteiger partial charge in [-0.3, -0.25) is 9.36 Å². The lowest BCUT2D eigenvalue weighted by Crippen LogP contribution is -2.13. The highest BCUT2D eigenvalue weighted by molar-refractivity contribution is 7.60. The minimum Gasteiger partial charge on any atom is -0.383 e. The molecule has 0 N–H and O–H groups in total. The van der Waals surface area contributed by atoms with Crippen LogP contribution < -0.4 is 0 Å². The number of Topliss-reactive ketones (excluding diaryl/α,β-unsaturated/α-hetero) is 1. The van der Waals surface area contributed by atoms with E-state index < -0.39 is 13.4 Å². The van der Waals surface area contributed by atoms with Gasteiger partial charge in [0.1, 0.15) is 5.31 Å². The molecular formula is C15H20Cl2NO4P. The molecule has 1 aromatic rings. The van der Waals surface area contributed by atoms with Crippen molar-refractivity contribution in [3.05, 3.63) is 45.3 Å². The molecule has 0 atom stereocenters. The number of hydrogen-bond donors (Lipinski definition) is 0. The van der Waals surface area contributed by atoms with Crippen molar-refractivity contribution >= 4 is 36.6 Å². The molecule has 0 aromatic heterocycles. The molecule has 1 rings (SSSR count). The number of nitrogens with zero attached hydrogens (tertiary/aromatic N) is 1. The van der Waals surface area contributed by atoms with Crippen LogP contribution in [0.4, 0.5) is 0 Å². The Bertz CT molecular complexity index is 636. The molecule has 5 nitrogen and oxygen atoms in total. The standard InChI is InChI=1S/C15H20Cl2NO4P/c1-5-21-23(20,22-6-2)14(10-18(3)4)15(19)12-8-7-11(16)9-13(12)17/h7-10H,5-6H2,1-4H3/b14-10+. The minimum absolute atomic E-state index is 0.0737. The first-order valence-electron chi connectivity index (χ1n) is 7.02. The fourth-order valence-electron chi connectivity index (χ4n) is 1.83. The normalized spacial score (nSPS) is 12.3. The third-order valence-corrected chi connectivity index (χ3v) is 5.33. The van der Waals surface area contributed by atoms with Crippen LogP contribution in [0.25, 0.3) is 0 Å². The van der Waals surface area contributed by atoms with Crippen molar-refractivity contribution in [2.24, 2.45) is 0 Å². The number of rotatable bonds is 8. The highest BCUT2D eigenvalue weighted by Gasteiger charge is 2.36. The second kappa shape index (κ2) is 8.86. The quantitative estimate of drug-likeness (QED) is 0.367. The van der Waals surface area contributed by atoms with Crippen LogP contribution in [0, 0.1) is 0 Å². The summed E-state index contributed by atoms with van der Waals surface area (Å²) in [5.41, 5.74) is 0.184. The molecule has 8 heteroatoms. The number of hydrogen-bond acceptors (Lipinski definition) is 5. The highest BCUT2D eigenvalue weighted by Crippen LogP contribution is 2.57. The lowest BCUT2D eigenvalue weighted by molar-refractivity contribution is 0.103. The number of allylic oxidation sites excluding steroid dienone is 1. The first-order valence-corrected chi connectivity index (χ1v) is 9.32. The SMILES string of the molecule is CCOP(=O)(OCC)/C(=C/N(C)C)C(=O)c1ccc(Cl)cc1Cl. The maximum Gasteiger partial charge on any atom is 0.366 e. The Balaban J connectivity index is 3.41. The van der Waals surface area contributed by atoms with E-state index in [1.54, 1.807) is 38.9 Å². The van der Waals surface area contributed by atoms with Gasteiger partial charge >= 0.3 is 7.60 Å². The van der Waals surface area contributed by atoms with Crippen molar-refractivity contribution in [2.45, 2.75) is 13.8 Å². The number of halogens is 2. The van der Waals surface area contributed by atoms with Gasteiger partial charge in [-0.1, -0.05) is 23.2 Å². The van der Waals surface area contributed by atoms with Gasteiger partial charge in [0.05, 0.1) is 18.2 Å². The lowest BCUT2D eigenvalue weighted by Gasteiger charge is -2.21. The summed E-state index contributed by atoms with van der Waals surface area (Å²) in [5.74, 6) is -0.523. The molecule has 0 bridgehead atoms. The van der Waals surface area contributed by atoms with Gasteiger partial charge < -0.3 is 13.9 Å². The Labute approximate surface area is 146 Å². The fourth-order valence-corrected chi connectivity index (χ4v) is 4.09. The maximum atomic E-state index is 13.0. The predicted molar refractivity (Wildman–Crippen MR) is 93.4 cm³/mol. The molecule has 1 aromatic carbocycles. The molecule has 0 heterocycles. The van der Waals surface area contributed by atoms with Crippen LogP contribution in [-0.4, -0.2) is 38.0 Å². The van der Waals surface area contributed by atoms with Crippen LogP contribution in [0.1, 0.15) is 24.2 Å². The summed E-state index contributed by atoms with van der Waals surface area (Å²) in [7, 11) is -0.344. The fraction of sp³-hybridized carbons (Fsp3) is 0.400. The average molecular weight is 380 g/mol. The van der Waals surface area contributed by atoms with Crippen LogP contribution in [0.5, 0.6) is 0 Å². The largest absolute Gasteiger partial charge is 0.383 e. The van der Waals surface area contributed by atoms with Gasteiger partial charge in [0.2, 0.25) is 5.78 Å². The lowest BCUT2D eigenvalue weighted by atomic mass is 10.1. The molecule has 0 radical (unpaired) electrons. The second-order valence-corrected chi connectivity index (χ2v) is 7.60. The second-order valence-electron chi connectivity index (χ2n) is 4.76. The number of carbonyl (C=O) groups excluding carboxylic acids is 1. The van der Waals surface area contributed by atoms with Gasteiger partial charge in [0, 0.05) is 30.9 Å². The van der Waals surface area contributed by atoms with Gasteiger partial charge in [-0.15, -0.1) is 0 Å². The van der Waals surface area contributed by atoms with Crippen LogP contribution in [0.2, 0.25) is 10.0 Å². The number of ketones is 1. The molecular weight excluding hydrogens is 360 g/mol. The molecule has 0 spiro atoms. The van der Waals surface area contributed by atoms with Gasteiger partial charge in [-0.05, 0) is 32.0 Å². The molecule has 0 fully saturated rings. The van der Waals surface area contributed by atoms with E-state index in [2.05, 4.69) is 0 Å². The summed E-state index contributed by atoms with van der Waals surface area (Å²) < 4.78 is 23.6. The average Bonchev–Trinajstić information content (AvgIpc) is 2.44. The third kappa shape index (κ3) is 5.33. The predicted octanol–water partition coefficient (Wildman–Crippen LogP) is 4.85. The van der Waals surface area contributed by atoms with E-state index in [4.69, 9.17) is 32.2 Å². The summed E-state index contributed by atoms with van der Waals surface area (Å²) in [4.78, 5) is 14.5. The Kier molecular flexibility index (Phi) is 7.78. The Morgan fingerprint density at radius 3 is 2.22 bits per heavy atom. The zero-order valence-corrected chi connectivity index (χ0v) is 15.9. The van der Waals surface area contributed by atoms with E-state index >= 15 is 0 Å². The van der Waals surface area contributed by atoms with E-state index in [1.807, 2.05) is 0 Å². The summed E-state index contributed by atoms with van der Waals surface area (Å²) in [6, 6.07) is 4.48.